The number of nitrogens with two attached hydrogens (primary N) is 1. The lowest BCUT2D eigenvalue weighted by Gasteiger charge is -2.40. The highest BCUT2D eigenvalue weighted by atomic mass is 16.3. The van der Waals surface area contributed by atoms with Gasteiger partial charge < -0.3 is 10.8 Å². The van der Waals surface area contributed by atoms with Crippen molar-refractivity contribution in [1.29, 1.82) is 0 Å². The minimum absolute atomic E-state index is 0.126. The molecule has 2 nitrogen and oxygen atoms in total. The quantitative estimate of drug-likeness (QED) is 0.874. The zero-order chi connectivity index (χ0) is 13.9. The number of aliphatic hydroxyl groups excluding tert-OH is 1. The summed E-state index contributed by atoms with van der Waals surface area (Å²) in [7, 11) is 0. The minimum atomic E-state index is -0.198. The predicted molar refractivity (Wildman–Crippen MR) is 80.4 cm³/mol. The highest BCUT2D eigenvalue weighted by Crippen LogP contribution is 2.42. The van der Waals surface area contributed by atoms with Gasteiger partial charge in [-0.1, -0.05) is 57.4 Å². The van der Waals surface area contributed by atoms with Gasteiger partial charge in [-0.25, -0.2) is 0 Å². The van der Waals surface area contributed by atoms with Gasteiger partial charge in [-0.2, -0.15) is 0 Å². The molecule has 0 unspecified atom stereocenters. The van der Waals surface area contributed by atoms with Crippen molar-refractivity contribution in [1.82, 2.24) is 0 Å². The molecule has 0 saturated heterocycles. The molecule has 3 N–H and O–H groups in total. The van der Waals surface area contributed by atoms with Crippen molar-refractivity contribution in [3.05, 3.63) is 35.4 Å². The van der Waals surface area contributed by atoms with Crippen LogP contribution in [-0.4, -0.2) is 18.3 Å². The van der Waals surface area contributed by atoms with E-state index in [0.29, 0.717) is 6.54 Å². The maximum atomic E-state index is 9.70. The Morgan fingerprint density at radius 3 is 2.37 bits per heavy atom. The van der Waals surface area contributed by atoms with Crippen molar-refractivity contribution < 1.29 is 5.11 Å². The van der Waals surface area contributed by atoms with Gasteiger partial charge >= 0.3 is 0 Å². The van der Waals surface area contributed by atoms with Gasteiger partial charge in [0.15, 0.2) is 0 Å². The number of hydrogen-bond donors (Lipinski definition) is 2. The predicted octanol–water partition coefficient (Wildman–Crippen LogP) is 3.12. The molecule has 1 saturated carbocycles. The summed E-state index contributed by atoms with van der Waals surface area (Å²) < 4.78 is 0. The van der Waals surface area contributed by atoms with E-state index in [1.807, 2.05) is 0 Å². The molecule has 0 atom stereocenters. The molecule has 1 aliphatic carbocycles. The zero-order valence-corrected chi connectivity index (χ0v) is 12.3. The Morgan fingerprint density at radius 1 is 1.16 bits per heavy atom. The van der Waals surface area contributed by atoms with E-state index in [1.54, 1.807) is 0 Å². The molecule has 2 heteroatoms. The van der Waals surface area contributed by atoms with Crippen molar-refractivity contribution in [2.24, 2.45) is 5.73 Å². The van der Waals surface area contributed by atoms with Crippen molar-refractivity contribution in [3.63, 3.8) is 0 Å². The maximum absolute atomic E-state index is 9.70. The fourth-order valence-corrected chi connectivity index (χ4v) is 3.43. The molecule has 1 aliphatic rings. The van der Waals surface area contributed by atoms with Gasteiger partial charge in [0.1, 0.15) is 0 Å². The average molecular weight is 261 g/mol. The summed E-state index contributed by atoms with van der Waals surface area (Å²) in [6.45, 7) is 5.11. The van der Waals surface area contributed by atoms with Crippen molar-refractivity contribution >= 4 is 0 Å². The van der Waals surface area contributed by atoms with Gasteiger partial charge in [-0.05, 0) is 24.0 Å². The number of benzene rings is 1. The van der Waals surface area contributed by atoms with Crippen LogP contribution >= 0.6 is 0 Å². The molecule has 1 fully saturated rings. The van der Waals surface area contributed by atoms with E-state index in [0.717, 1.165) is 0 Å². The molecule has 19 heavy (non-hydrogen) atoms. The van der Waals surface area contributed by atoms with Crippen LogP contribution in [0.1, 0.15) is 57.1 Å². The fourth-order valence-electron chi connectivity index (χ4n) is 3.43. The van der Waals surface area contributed by atoms with Crippen molar-refractivity contribution in [3.8, 4) is 0 Å². The van der Waals surface area contributed by atoms with Crippen LogP contribution in [0.15, 0.2) is 24.3 Å². The first-order valence-corrected chi connectivity index (χ1v) is 7.47. The third-order valence-corrected chi connectivity index (χ3v) is 4.82. The summed E-state index contributed by atoms with van der Waals surface area (Å²) in [6.07, 6.45) is 6.23. The summed E-state index contributed by atoms with van der Waals surface area (Å²) in [5.74, 6) is 0. The molecule has 2 rings (SSSR count). The van der Waals surface area contributed by atoms with Crippen LogP contribution in [0.4, 0.5) is 0 Å². The minimum Gasteiger partial charge on any atom is -0.395 e. The Labute approximate surface area is 117 Å². The molecule has 0 spiro atoms. The van der Waals surface area contributed by atoms with E-state index >= 15 is 0 Å². The van der Waals surface area contributed by atoms with E-state index in [4.69, 9.17) is 5.73 Å². The zero-order valence-electron chi connectivity index (χ0n) is 12.3. The average Bonchev–Trinajstić information content (AvgIpc) is 2.48. The summed E-state index contributed by atoms with van der Waals surface area (Å²) in [5.41, 5.74) is 8.73. The second kappa shape index (κ2) is 5.64. The third-order valence-electron chi connectivity index (χ3n) is 4.82. The third kappa shape index (κ3) is 2.70. The molecule has 0 aromatic heterocycles. The van der Waals surface area contributed by atoms with Gasteiger partial charge in [0.25, 0.3) is 0 Å². The van der Waals surface area contributed by atoms with Crippen LogP contribution in [0.3, 0.4) is 0 Å². The fraction of sp³-hybridized carbons (Fsp3) is 0.647. The van der Waals surface area contributed by atoms with E-state index < -0.39 is 0 Å². The first-order valence-electron chi connectivity index (χ1n) is 7.47. The van der Waals surface area contributed by atoms with Crippen molar-refractivity contribution in [2.45, 2.75) is 56.8 Å². The van der Waals surface area contributed by atoms with E-state index in [-0.39, 0.29) is 17.4 Å². The molecule has 0 aliphatic heterocycles. The molecule has 0 amide bonds. The van der Waals surface area contributed by atoms with Crippen LogP contribution in [0.2, 0.25) is 0 Å². The van der Waals surface area contributed by atoms with Crippen LogP contribution < -0.4 is 5.73 Å². The number of hydrogen-bond acceptors (Lipinski definition) is 2. The highest BCUT2D eigenvalue weighted by Gasteiger charge is 2.36. The second-order valence-electron chi connectivity index (χ2n) is 6.63. The van der Waals surface area contributed by atoms with Gasteiger partial charge in [-0.15, -0.1) is 0 Å². The number of aliphatic hydroxyl groups is 1. The Bertz CT molecular complexity index is 419. The molecule has 1 aromatic carbocycles. The molecule has 106 valence electrons. The van der Waals surface area contributed by atoms with Gasteiger partial charge in [0, 0.05) is 17.4 Å². The Morgan fingerprint density at radius 2 is 1.79 bits per heavy atom. The monoisotopic (exact) mass is 261 g/mol. The summed E-state index contributed by atoms with van der Waals surface area (Å²) in [4.78, 5) is 0. The van der Waals surface area contributed by atoms with Crippen LogP contribution in [0.25, 0.3) is 0 Å². The van der Waals surface area contributed by atoms with Gasteiger partial charge in [0.2, 0.25) is 0 Å². The lowest BCUT2D eigenvalue weighted by molar-refractivity contribution is 0.213. The Kier molecular flexibility index (Phi) is 4.32. The molecule has 0 bridgehead atoms. The standard InChI is InChI=1S/C17H27NO/c1-16(2,13-19)14-8-4-5-9-15(14)17(12-18)10-6-3-7-11-17/h4-5,8-9,19H,3,6-7,10-13,18H2,1-2H3. The van der Waals surface area contributed by atoms with Crippen LogP contribution in [0, 0.1) is 0 Å². The van der Waals surface area contributed by atoms with Crippen LogP contribution in [-0.2, 0) is 10.8 Å². The van der Waals surface area contributed by atoms with Crippen LogP contribution in [0.5, 0.6) is 0 Å². The molecule has 0 radical (unpaired) electrons. The SMILES string of the molecule is CC(C)(CO)c1ccccc1C1(CN)CCCCC1. The summed E-state index contributed by atoms with van der Waals surface area (Å²) >= 11 is 0. The smallest absolute Gasteiger partial charge is 0.0522 e. The van der Waals surface area contributed by atoms with E-state index in [1.165, 1.54) is 43.2 Å². The Hall–Kier alpha value is -0.860. The maximum Gasteiger partial charge on any atom is 0.0522 e. The molecule has 1 aromatic rings. The van der Waals surface area contributed by atoms with Gasteiger partial charge in [0.05, 0.1) is 6.61 Å². The lowest BCUT2D eigenvalue weighted by atomic mass is 9.65. The van der Waals surface area contributed by atoms with Gasteiger partial charge in [-0.3, -0.25) is 0 Å². The second-order valence-corrected chi connectivity index (χ2v) is 6.63. The summed E-state index contributed by atoms with van der Waals surface area (Å²) in [5, 5.41) is 9.70. The summed E-state index contributed by atoms with van der Waals surface area (Å²) in [6, 6.07) is 8.57. The number of rotatable bonds is 4. The first kappa shape index (κ1) is 14.5. The highest BCUT2D eigenvalue weighted by molar-refractivity contribution is 5.40. The normalized spacial score (nSPS) is 19.4. The largest absolute Gasteiger partial charge is 0.395 e. The molecule has 0 heterocycles. The Balaban J connectivity index is 2.49. The molecular weight excluding hydrogens is 234 g/mol. The lowest BCUT2D eigenvalue weighted by Crippen LogP contribution is -2.40. The topological polar surface area (TPSA) is 46.2 Å². The van der Waals surface area contributed by atoms with Crippen molar-refractivity contribution in [2.75, 3.05) is 13.2 Å². The first-order chi connectivity index (χ1) is 9.06. The van der Waals surface area contributed by atoms with E-state index in [2.05, 4.69) is 38.1 Å². The molecular formula is C17H27NO. The van der Waals surface area contributed by atoms with E-state index in [9.17, 15) is 5.11 Å².